The average molecular weight is 282 g/mol. The first-order chi connectivity index (χ1) is 9.58. The number of aliphatic hydroxyl groups excluding tert-OH is 1. The highest BCUT2D eigenvalue weighted by Gasteiger charge is 2.44. The lowest BCUT2D eigenvalue weighted by molar-refractivity contribution is -0.156. The number of aliphatic hydroxyl groups is 1. The lowest BCUT2D eigenvalue weighted by Crippen LogP contribution is -2.48. The summed E-state index contributed by atoms with van der Waals surface area (Å²) in [5.41, 5.74) is 0.642. The molecule has 20 heavy (non-hydrogen) atoms. The van der Waals surface area contributed by atoms with E-state index >= 15 is 0 Å². The molecule has 2 aliphatic rings. The van der Waals surface area contributed by atoms with Crippen LogP contribution in [0.3, 0.4) is 0 Å². The van der Waals surface area contributed by atoms with Crippen molar-refractivity contribution in [1.82, 2.24) is 0 Å². The molecule has 0 amide bonds. The average Bonchev–Trinajstić information content (AvgIpc) is 2.41. The van der Waals surface area contributed by atoms with Crippen LogP contribution >= 0.6 is 0 Å². The van der Waals surface area contributed by atoms with Gasteiger partial charge in [0, 0.05) is 6.61 Å². The fraction of sp³-hybridized carbons (Fsp3) is 0.625. The zero-order valence-electron chi connectivity index (χ0n) is 11.4. The molecule has 2 nitrogen and oxygen atoms in total. The number of rotatable bonds is 3. The molecule has 1 aromatic rings. The van der Waals surface area contributed by atoms with Crippen LogP contribution in [0.15, 0.2) is 18.2 Å². The predicted molar refractivity (Wildman–Crippen MR) is 71.3 cm³/mol. The summed E-state index contributed by atoms with van der Waals surface area (Å²) in [5, 5.41) is 10.4. The molecule has 2 fully saturated rings. The molecule has 1 saturated carbocycles. The van der Waals surface area contributed by atoms with Crippen LogP contribution in [0.4, 0.5) is 8.78 Å². The minimum atomic E-state index is -0.850. The van der Waals surface area contributed by atoms with Crippen molar-refractivity contribution in [3.63, 3.8) is 0 Å². The van der Waals surface area contributed by atoms with Crippen LogP contribution in [0.5, 0.6) is 0 Å². The van der Waals surface area contributed by atoms with Gasteiger partial charge in [0.15, 0.2) is 11.6 Å². The van der Waals surface area contributed by atoms with E-state index in [-0.39, 0.29) is 11.5 Å². The largest absolute Gasteiger partial charge is 0.392 e. The zero-order chi connectivity index (χ0) is 14.2. The molecule has 0 radical (unpaired) electrons. The summed E-state index contributed by atoms with van der Waals surface area (Å²) in [6.07, 6.45) is 4.96. The normalized spacial score (nSPS) is 26.2. The van der Waals surface area contributed by atoms with Crippen molar-refractivity contribution < 1.29 is 18.6 Å². The Hall–Kier alpha value is -1.00. The van der Waals surface area contributed by atoms with Crippen molar-refractivity contribution in [1.29, 1.82) is 0 Å². The molecule has 1 heterocycles. The Balaban J connectivity index is 1.63. The Morgan fingerprint density at radius 2 is 2.10 bits per heavy atom. The third-order valence-electron chi connectivity index (χ3n) is 4.77. The molecule has 2 unspecified atom stereocenters. The Bertz CT molecular complexity index is 485. The SMILES string of the molecule is OC(Cc1ccc(F)c(F)c1)C1CCOC2(CCC2)C1. The van der Waals surface area contributed by atoms with Crippen LogP contribution in [-0.4, -0.2) is 23.4 Å². The van der Waals surface area contributed by atoms with Crippen LogP contribution < -0.4 is 0 Å². The van der Waals surface area contributed by atoms with E-state index in [1.807, 2.05) is 0 Å². The lowest BCUT2D eigenvalue weighted by atomic mass is 9.70. The number of hydrogen-bond donors (Lipinski definition) is 1. The van der Waals surface area contributed by atoms with Gasteiger partial charge >= 0.3 is 0 Å². The molecular formula is C16H20F2O2. The molecule has 1 aliphatic carbocycles. The van der Waals surface area contributed by atoms with Gasteiger partial charge in [-0.25, -0.2) is 8.78 Å². The summed E-state index contributed by atoms with van der Waals surface area (Å²) in [4.78, 5) is 0. The Labute approximate surface area is 117 Å². The van der Waals surface area contributed by atoms with E-state index in [0.29, 0.717) is 18.6 Å². The summed E-state index contributed by atoms with van der Waals surface area (Å²) in [5.74, 6) is -1.50. The van der Waals surface area contributed by atoms with E-state index in [4.69, 9.17) is 4.74 Å². The molecular weight excluding hydrogens is 262 g/mol. The molecule has 110 valence electrons. The van der Waals surface area contributed by atoms with Crippen LogP contribution in [0.25, 0.3) is 0 Å². The maximum absolute atomic E-state index is 13.2. The maximum Gasteiger partial charge on any atom is 0.159 e. The fourth-order valence-corrected chi connectivity index (χ4v) is 3.39. The second-order valence-electron chi connectivity index (χ2n) is 6.16. The summed E-state index contributed by atoms with van der Waals surface area (Å²) in [6.45, 7) is 0.694. The van der Waals surface area contributed by atoms with Gasteiger partial charge in [-0.2, -0.15) is 0 Å². The first kappa shape index (κ1) is 14.0. The maximum atomic E-state index is 13.2. The second-order valence-corrected chi connectivity index (χ2v) is 6.16. The highest BCUT2D eigenvalue weighted by Crippen LogP contribution is 2.45. The van der Waals surface area contributed by atoms with Gasteiger partial charge < -0.3 is 9.84 Å². The van der Waals surface area contributed by atoms with Crippen molar-refractivity contribution in [2.45, 2.75) is 50.2 Å². The van der Waals surface area contributed by atoms with E-state index < -0.39 is 17.7 Å². The summed E-state index contributed by atoms with van der Waals surface area (Å²) < 4.78 is 31.9. The van der Waals surface area contributed by atoms with Crippen LogP contribution in [0.1, 0.15) is 37.7 Å². The van der Waals surface area contributed by atoms with Crippen molar-refractivity contribution in [2.24, 2.45) is 5.92 Å². The predicted octanol–water partition coefficient (Wildman–Crippen LogP) is 3.22. The quantitative estimate of drug-likeness (QED) is 0.922. The molecule has 0 aromatic heterocycles. The lowest BCUT2D eigenvalue weighted by Gasteiger charge is -2.48. The van der Waals surface area contributed by atoms with Gasteiger partial charge in [-0.05, 0) is 62.1 Å². The highest BCUT2D eigenvalue weighted by molar-refractivity contribution is 5.18. The van der Waals surface area contributed by atoms with Crippen molar-refractivity contribution in [2.75, 3.05) is 6.61 Å². The molecule has 3 rings (SSSR count). The Morgan fingerprint density at radius 1 is 1.30 bits per heavy atom. The van der Waals surface area contributed by atoms with Crippen LogP contribution in [0, 0.1) is 17.6 Å². The highest BCUT2D eigenvalue weighted by atomic mass is 19.2. The van der Waals surface area contributed by atoms with Crippen LogP contribution in [0.2, 0.25) is 0 Å². The van der Waals surface area contributed by atoms with Crippen molar-refractivity contribution >= 4 is 0 Å². The van der Waals surface area contributed by atoms with Crippen molar-refractivity contribution in [3.8, 4) is 0 Å². The Kier molecular flexibility index (Phi) is 3.78. The standard InChI is InChI=1S/C16H20F2O2/c17-13-3-2-11(8-14(13)18)9-15(19)12-4-7-20-16(10-12)5-1-6-16/h2-3,8,12,15,19H,1,4-7,9-10H2. The van der Waals surface area contributed by atoms with Gasteiger partial charge in [-0.1, -0.05) is 6.07 Å². The molecule has 2 atom stereocenters. The number of ether oxygens (including phenoxy) is 1. The summed E-state index contributed by atoms with van der Waals surface area (Å²) >= 11 is 0. The monoisotopic (exact) mass is 282 g/mol. The van der Waals surface area contributed by atoms with E-state index in [1.54, 1.807) is 6.07 Å². The van der Waals surface area contributed by atoms with Gasteiger partial charge in [-0.15, -0.1) is 0 Å². The molecule has 1 spiro atoms. The smallest absolute Gasteiger partial charge is 0.159 e. The third-order valence-corrected chi connectivity index (χ3v) is 4.77. The van der Waals surface area contributed by atoms with Gasteiger partial charge in [0.05, 0.1) is 11.7 Å². The van der Waals surface area contributed by atoms with Crippen LogP contribution in [-0.2, 0) is 11.2 Å². The fourth-order valence-electron chi connectivity index (χ4n) is 3.39. The summed E-state index contributed by atoms with van der Waals surface area (Å²) in [6, 6.07) is 3.84. The topological polar surface area (TPSA) is 29.5 Å². The molecule has 1 N–H and O–H groups in total. The molecule has 4 heteroatoms. The van der Waals surface area contributed by atoms with E-state index in [1.165, 1.54) is 12.5 Å². The Morgan fingerprint density at radius 3 is 2.75 bits per heavy atom. The van der Waals surface area contributed by atoms with E-state index in [0.717, 1.165) is 31.7 Å². The van der Waals surface area contributed by atoms with Gasteiger partial charge in [0.1, 0.15) is 0 Å². The second kappa shape index (κ2) is 5.41. The zero-order valence-corrected chi connectivity index (χ0v) is 11.4. The van der Waals surface area contributed by atoms with E-state index in [9.17, 15) is 13.9 Å². The van der Waals surface area contributed by atoms with Gasteiger partial charge in [0.2, 0.25) is 0 Å². The van der Waals surface area contributed by atoms with Crippen molar-refractivity contribution in [3.05, 3.63) is 35.4 Å². The van der Waals surface area contributed by atoms with Gasteiger partial charge in [-0.3, -0.25) is 0 Å². The first-order valence-electron chi connectivity index (χ1n) is 7.34. The third kappa shape index (κ3) is 2.72. The molecule has 1 saturated heterocycles. The molecule has 1 aromatic carbocycles. The minimum absolute atomic E-state index is 0.00204. The minimum Gasteiger partial charge on any atom is -0.392 e. The van der Waals surface area contributed by atoms with E-state index in [2.05, 4.69) is 0 Å². The summed E-state index contributed by atoms with van der Waals surface area (Å²) in [7, 11) is 0. The molecule has 1 aliphatic heterocycles. The first-order valence-corrected chi connectivity index (χ1v) is 7.34. The number of halogens is 2. The number of hydrogen-bond acceptors (Lipinski definition) is 2. The molecule has 0 bridgehead atoms. The van der Waals surface area contributed by atoms with Gasteiger partial charge in [0.25, 0.3) is 0 Å². The number of benzene rings is 1.